The Morgan fingerprint density at radius 3 is 2.71 bits per heavy atom. The summed E-state index contributed by atoms with van der Waals surface area (Å²) in [5.74, 6) is 0. The van der Waals surface area contributed by atoms with E-state index in [4.69, 9.17) is 22.4 Å². The van der Waals surface area contributed by atoms with E-state index < -0.39 is 0 Å². The van der Waals surface area contributed by atoms with Gasteiger partial charge in [-0.2, -0.15) is 0 Å². The van der Waals surface area contributed by atoms with Crippen molar-refractivity contribution in [3.8, 4) is 0 Å². The molecule has 0 amide bonds. The highest BCUT2D eigenvalue weighted by Gasteiger charge is 2.27. The second-order valence-corrected chi connectivity index (χ2v) is 4.11. The van der Waals surface area contributed by atoms with Gasteiger partial charge in [0.15, 0.2) is 0 Å². The summed E-state index contributed by atoms with van der Waals surface area (Å²) in [6.07, 6.45) is 1.43. The predicted molar refractivity (Wildman–Crippen MR) is 58.5 cm³/mol. The van der Waals surface area contributed by atoms with Crippen molar-refractivity contribution in [3.63, 3.8) is 0 Å². The van der Waals surface area contributed by atoms with Gasteiger partial charge in [-0.15, -0.1) is 0 Å². The zero-order valence-corrected chi connectivity index (χ0v) is 8.46. The molecule has 0 aliphatic heterocycles. The Kier molecular flexibility index (Phi) is 2.52. The van der Waals surface area contributed by atoms with E-state index in [0.29, 0.717) is 16.8 Å². The first-order chi connectivity index (χ1) is 6.65. The number of nitrogens with one attached hydrogen (secondary N) is 1. The van der Waals surface area contributed by atoms with E-state index in [1.165, 1.54) is 0 Å². The minimum atomic E-state index is -0.153. The molecule has 1 aliphatic carbocycles. The third-order valence-electron chi connectivity index (χ3n) is 2.47. The third kappa shape index (κ3) is 1.94. The largest absolute Gasteiger partial charge is 0.399 e. The SMILES string of the molecule is Nc1ccc(NC2CC(O)C2)c(Cl)c1. The topological polar surface area (TPSA) is 58.3 Å². The molecule has 76 valence electrons. The van der Waals surface area contributed by atoms with Crippen molar-refractivity contribution in [2.24, 2.45) is 0 Å². The number of rotatable bonds is 2. The van der Waals surface area contributed by atoms with Crippen LogP contribution in [0.4, 0.5) is 11.4 Å². The molecule has 4 N–H and O–H groups in total. The number of halogens is 1. The van der Waals surface area contributed by atoms with Gasteiger partial charge < -0.3 is 16.2 Å². The van der Waals surface area contributed by atoms with Gasteiger partial charge in [0.2, 0.25) is 0 Å². The molecule has 1 aromatic carbocycles. The summed E-state index contributed by atoms with van der Waals surface area (Å²) >= 11 is 5.99. The highest BCUT2D eigenvalue weighted by Crippen LogP contribution is 2.29. The highest BCUT2D eigenvalue weighted by atomic mass is 35.5. The Morgan fingerprint density at radius 1 is 1.43 bits per heavy atom. The lowest BCUT2D eigenvalue weighted by atomic mass is 9.89. The van der Waals surface area contributed by atoms with Crippen LogP contribution in [0.25, 0.3) is 0 Å². The zero-order valence-electron chi connectivity index (χ0n) is 7.70. The summed E-state index contributed by atoms with van der Waals surface area (Å²) in [6, 6.07) is 5.73. The quantitative estimate of drug-likeness (QED) is 0.656. The molecule has 3 nitrogen and oxygen atoms in total. The standard InChI is InChI=1S/C10H13ClN2O/c11-9-3-6(12)1-2-10(9)13-7-4-8(14)5-7/h1-3,7-8,13-14H,4-5,12H2. The first-order valence-electron chi connectivity index (χ1n) is 4.65. The molecule has 1 fully saturated rings. The molecule has 0 radical (unpaired) electrons. The monoisotopic (exact) mass is 212 g/mol. The number of hydrogen-bond acceptors (Lipinski definition) is 3. The molecular weight excluding hydrogens is 200 g/mol. The van der Waals surface area contributed by atoms with E-state index >= 15 is 0 Å². The molecule has 0 heterocycles. The van der Waals surface area contributed by atoms with Gasteiger partial charge in [0.25, 0.3) is 0 Å². The maximum Gasteiger partial charge on any atom is 0.0658 e. The second-order valence-electron chi connectivity index (χ2n) is 3.71. The number of aliphatic hydroxyl groups is 1. The second kappa shape index (κ2) is 3.67. The third-order valence-corrected chi connectivity index (χ3v) is 2.78. The van der Waals surface area contributed by atoms with Crippen molar-refractivity contribution >= 4 is 23.0 Å². The Balaban J connectivity index is 2.02. The Hall–Kier alpha value is -0.930. The molecule has 0 bridgehead atoms. The first-order valence-corrected chi connectivity index (χ1v) is 5.02. The van der Waals surface area contributed by atoms with Crippen LogP contribution in [0.1, 0.15) is 12.8 Å². The van der Waals surface area contributed by atoms with Gasteiger partial charge in [0.05, 0.1) is 16.8 Å². The molecule has 1 aliphatic rings. The van der Waals surface area contributed by atoms with E-state index in [1.54, 1.807) is 6.07 Å². The molecule has 4 heteroatoms. The molecule has 14 heavy (non-hydrogen) atoms. The van der Waals surface area contributed by atoms with Crippen LogP contribution in [0.3, 0.4) is 0 Å². The molecule has 1 saturated carbocycles. The van der Waals surface area contributed by atoms with Crippen molar-refractivity contribution in [2.75, 3.05) is 11.1 Å². The van der Waals surface area contributed by atoms with Gasteiger partial charge in [-0.25, -0.2) is 0 Å². The van der Waals surface area contributed by atoms with Crippen molar-refractivity contribution in [1.82, 2.24) is 0 Å². The fourth-order valence-corrected chi connectivity index (χ4v) is 1.82. The average Bonchev–Trinajstić information content (AvgIpc) is 2.06. The predicted octanol–water partition coefficient (Wildman–Crippen LogP) is 1.86. The molecule has 2 rings (SSSR count). The number of hydrogen-bond donors (Lipinski definition) is 3. The summed E-state index contributed by atoms with van der Waals surface area (Å²) < 4.78 is 0. The van der Waals surface area contributed by atoms with Gasteiger partial charge in [-0.1, -0.05) is 11.6 Å². The highest BCUT2D eigenvalue weighted by molar-refractivity contribution is 6.33. The van der Waals surface area contributed by atoms with Crippen molar-refractivity contribution in [1.29, 1.82) is 0 Å². The molecule has 0 spiro atoms. The number of nitrogens with two attached hydrogens (primary N) is 1. The smallest absolute Gasteiger partial charge is 0.0658 e. The van der Waals surface area contributed by atoms with Gasteiger partial charge in [0, 0.05) is 11.7 Å². The minimum Gasteiger partial charge on any atom is -0.399 e. The number of aliphatic hydroxyl groups excluding tert-OH is 1. The first kappa shape index (κ1) is 9.62. The molecule has 0 atom stereocenters. The molecule has 1 aromatic rings. The van der Waals surface area contributed by atoms with Crippen LogP contribution in [-0.4, -0.2) is 17.3 Å². The lowest BCUT2D eigenvalue weighted by Crippen LogP contribution is -2.38. The summed E-state index contributed by atoms with van der Waals surface area (Å²) in [5, 5.41) is 13.0. The van der Waals surface area contributed by atoms with E-state index in [2.05, 4.69) is 5.32 Å². The van der Waals surface area contributed by atoms with E-state index in [-0.39, 0.29) is 6.10 Å². The van der Waals surface area contributed by atoms with Crippen LogP contribution < -0.4 is 11.1 Å². The Morgan fingerprint density at radius 2 is 2.14 bits per heavy atom. The average molecular weight is 213 g/mol. The van der Waals surface area contributed by atoms with E-state index in [1.807, 2.05) is 12.1 Å². The van der Waals surface area contributed by atoms with Crippen LogP contribution in [0.15, 0.2) is 18.2 Å². The van der Waals surface area contributed by atoms with E-state index in [9.17, 15) is 0 Å². The normalized spacial score (nSPS) is 25.6. The van der Waals surface area contributed by atoms with Crippen LogP contribution in [0.2, 0.25) is 5.02 Å². The fourth-order valence-electron chi connectivity index (χ4n) is 1.57. The van der Waals surface area contributed by atoms with Gasteiger partial charge in [0.1, 0.15) is 0 Å². The Bertz CT molecular complexity index is 337. The Labute approximate surface area is 87.9 Å². The van der Waals surface area contributed by atoms with E-state index in [0.717, 1.165) is 18.5 Å². The molecule has 0 aromatic heterocycles. The summed E-state index contributed by atoms with van der Waals surface area (Å²) in [6.45, 7) is 0. The fraction of sp³-hybridized carbons (Fsp3) is 0.400. The maximum absolute atomic E-state index is 9.12. The molecule has 0 saturated heterocycles. The van der Waals surface area contributed by atoms with Crippen LogP contribution in [-0.2, 0) is 0 Å². The number of nitrogen functional groups attached to an aromatic ring is 1. The van der Waals surface area contributed by atoms with Crippen molar-refractivity contribution in [2.45, 2.75) is 25.0 Å². The molecular formula is C10H13ClN2O. The lowest BCUT2D eigenvalue weighted by molar-refractivity contribution is 0.0836. The summed E-state index contributed by atoms with van der Waals surface area (Å²) in [7, 11) is 0. The van der Waals surface area contributed by atoms with Crippen LogP contribution >= 0.6 is 11.6 Å². The van der Waals surface area contributed by atoms with Gasteiger partial charge in [-0.05, 0) is 31.0 Å². The maximum atomic E-state index is 9.12. The van der Waals surface area contributed by atoms with Gasteiger partial charge in [-0.3, -0.25) is 0 Å². The summed E-state index contributed by atoms with van der Waals surface area (Å²) in [4.78, 5) is 0. The number of benzene rings is 1. The lowest BCUT2D eigenvalue weighted by Gasteiger charge is -2.33. The van der Waals surface area contributed by atoms with Crippen LogP contribution in [0, 0.1) is 0 Å². The molecule has 0 unspecified atom stereocenters. The summed E-state index contributed by atoms with van der Waals surface area (Å²) in [5.41, 5.74) is 7.12. The van der Waals surface area contributed by atoms with Crippen molar-refractivity contribution < 1.29 is 5.11 Å². The minimum absolute atomic E-state index is 0.153. The number of anilines is 2. The zero-order chi connectivity index (χ0) is 10.1. The van der Waals surface area contributed by atoms with Gasteiger partial charge >= 0.3 is 0 Å². The van der Waals surface area contributed by atoms with Crippen LogP contribution in [0.5, 0.6) is 0 Å². The van der Waals surface area contributed by atoms with Crippen molar-refractivity contribution in [3.05, 3.63) is 23.2 Å².